The van der Waals surface area contributed by atoms with Gasteiger partial charge in [0.1, 0.15) is 5.76 Å². The molecule has 33 heavy (non-hydrogen) atoms. The SMILES string of the molecule is Cc1noc(C)c1-c1cc(C(N)=O)c2c(c1)c1cc(CS(=O)O)ccc1n2S(=O)(=O)C1CC1. The minimum absolute atomic E-state index is 0.0650. The van der Waals surface area contributed by atoms with Crippen LogP contribution in [0.25, 0.3) is 32.9 Å². The van der Waals surface area contributed by atoms with Crippen molar-refractivity contribution in [1.82, 2.24) is 9.13 Å². The predicted octanol–water partition coefficient (Wildman–Crippen LogP) is 3.23. The van der Waals surface area contributed by atoms with Crippen LogP contribution >= 0.6 is 0 Å². The van der Waals surface area contributed by atoms with Crippen LogP contribution in [-0.2, 0) is 26.9 Å². The first-order valence-electron chi connectivity index (χ1n) is 10.3. The molecule has 0 saturated heterocycles. The van der Waals surface area contributed by atoms with Gasteiger partial charge in [-0.05, 0) is 62.1 Å². The van der Waals surface area contributed by atoms with Gasteiger partial charge in [0.25, 0.3) is 5.91 Å². The molecule has 172 valence electrons. The molecule has 4 aromatic rings. The summed E-state index contributed by atoms with van der Waals surface area (Å²) in [4.78, 5) is 12.6. The third kappa shape index (κ3) is 3.47. The summed E-state index contributed by atoms with van der Waals surface area (Å²) < 4.78 is 54.1. The van der Waals surface area contributed by atoms with Gasteiger partial charge in [0.15, 0.2) is 11.1 Å². The van der Waals surface area contributed by atoms with E-state index in [0.717, 1.165) is 0 Å². The van der Waals surface area contributed by atoms with Crippen molar-refractivity contribution < 1.29 is 26.5 Å². The van der Waals surface area contributed by atoms with E-state index in [1.165, 1.54) is 3.97 Å². The normalized spacial score (nSPS) is 15.4. The zero-order valence-corrected chi connectivity index (χ0v) is 19.5. The van der Waals surface area contributed by atoms with Crippen LogP contribution in [0.4, 0.5) is 0 Å². The van der Waals surface area contributed by atoms with Gasteiger partial charge >= 0.3 is 0 Å². The van der Waals surface area contributed by atoms with E-state index in [4.69, 9.17) is 10.3 Å². The third-order valence-electron chi connectivity index (χ3n) is 5.96. The van der Waals surface area contributed by atoms with Crippen molar-refractivity contribution in [3.63, 3.8) is 0 Å². The lowest BCUT2D eigenvalue weighted by Gasteiger charge is -2.11. The molecule has 1 aliphatic rings. The van der Waals surface area contributed by atoms with E-state index < -0.39 is 32.3 Å². The molecule has 1 unspecified atom stereocenters. The molecule has 1 fully saturated rings. The number of carbonyl (C=O) groups is 1. The van der Waals surface area contributed by atoms with Crippen LogP contribution in [0.15, 0.2) is 34.9 Å². The number of fused-ring (bicyclic) bond motifs is 3. The molecule has 1 amide bonds. The van der Waals surface area contributed by atoms with E-state index in [2.05, 4.69) is 5.16 Å². The predicted molar refractivity (Wildman–Crippen MR) is 125 cm³/mol. The first kappa shape index (κ1) is 21.8. The standard InChI is InChI=1S/C22H21N3O6S2/c1-11-20(12(2)31-24-11)14-8-17-16-7-13(10-32(27)28)3-6-19(16)25(33(29,30)15-4-5-15)21(17)18(9-14)22(23)26/h3,6-9,15H,4-5,10H2,1-2H3,(H2,23,26)(H,27,28). The Kier molecular flexibility index (Phi) is 4.96. The molecule has 2 aromatic carbocycles. The first-order chi connectivity index (χ1) is 15.6. The fourth-order valence-corrected chi connectivity index (χ4v) is 6.77. The van der Waals surface area contributed by atoms with Crippen LogP contribution in [0.2, 0.25) is 0 Å². The summed E-state index contributed by atoms with van der Waals surface area (Å²) in [5, 5.41) is 4.51. The van der Waals surface area contributed by atoms with E-state index in [0.29, 0.717) is 57.3 Å². The summed E-state index contributed by atoms with van der Waals surface area (Å²) in [6.45, 7) is 3.52. The molecule has 3 N–H and O–H groups in total. The maximum absolute atomic E-state index is 13.4. The Bertz CT molecular complexity index is 1580. The fourth-order valence-electron chi connectivity index (χ4n) is 4.39. The van der Waals surface area contributed by atoms with Crippen molar-refractivity contribution in [1.29, 1.82) is 0 Å². The van der Waals surface area contributed by atoms with E-state index in [-0.39, 0.29) is 16.8 Å². The molecule has 9 nitrogen and oxygen atoms in total. The molecule has 0 aliphatic heterocycles. The highest BCUT2D eigenvalue weighted by Crippen LogP contribution is 2.41. The number of hydrogen-bond acceptors (Lipinski definition) is 6. The van der Waals surface area contributed by atoms with Gasteiger partial charge in [0.05, 0.1) is 33.3 Å². The summed E-state index contributed by atoms with van der Waals surface area (Å²) in [6.07, 6.45) is 1.10. The molecule has 0 radical (unpaired) electrons. The number of carbonyl (C=O) groups excluding carboxylic acids is 1. The van der Waals surface area contributed by atoms with Gasteiger partial charge in [-0.2, -0.15) is 0 Å². The van der Waals surface area contributed by atoms with Crippen molar-refractivity contribution >= 4 is 48.8 Å². The molecule has 1 atom stereocenters. The van der Waals surface area contributed by atoms with Crippen LogP contribution in [0, 0.1) is 13.8 Å². The topological polar surface area (TPSA) is 145 Å². The summed E-state index contributed by atoms with van der Waals surface area (Å²) in [6, 6.07) is 8.27. The summed E-state index contributed by atoms with van der Waals surface area (Å²) in [5.41, 5.74) is 8.90. The third-order valence-corrected chi connectivity index (χ3v) is 8.74. The Hall–Kier alpha value is -3.02. The van der Waals surface area contributed by atoms with Gasteiger partial charge < -0.3 is 14.8 Å². The van der Waals surface area contributed by atoms with E-state index in [1.54, 1.807) is 44.2 Å². The highest BCUT2D eigenvalue weighted by molar-refractivity contribution is 7.91. The van der Waals surface area contributed by atoms with Crippen LogP contribution < -0.4 is 5.73 Å². The smallest absolute Gasteiger partial charge is 0.250 e. The number of primary amides is 1. The van der Waals surface area contributed by atoms with E-state index in [9.17, 15) is 22.0 Å². The Balaban J connectivity index is 1.95. The molecular weight excluding hydrogens is 466 g/mol. The molecule has 5 rings (SSSR count). The molecule has 1 aliphatic carbocycles. The largest absolute Gasteiger partial charge is 0.366 e. The van der Waals surface area contributed by atoms with Gasteiger partial charge in [-0.15, -0.1) is 0 Å². The van der Waals surface area contributed by atoms with Crippen molar-refractivity contribution in [3.05, 3.63) is 52.9 Å². The second kappa shape index (κ2) is 7.51. The molecule has 0 spiro atoms. The van der Waals surface area contributed by atoms with Gasteiger partial charge in [-0.25, -0.2) is 16.6 Å². The minimum Gasteiger partial charge on any atom is -0.366 e. The summed E-state index contributed by atoms with van der Waals surface area (Å²) >= 11 is -2.07. The van der Waals surface area contributed by atoms with Crippen LogP contribution in [0.3, 0.4) is 0 Å². The second-order valence-corrected chi connectivity index (χ2v) is 11.3. The first-order valence-corrected chi connectivity index (χ1v) is 13.0. The lowest BCUT2D eigenvalue weighted by molar-refractivity contribution is 0.100. The average Bonchev–Trinajstić information content (AvgIpc) is 3.48. The Labute approximate surface area is 191 Å². The number of hydrogen-bond donors (Lipinski definition) is 2. The van der Waals surface area contributed by atoms with Gasteiger partial charge in [-0.1, -0.05) is 11.2 Å². The number of nitrogens with zero attached hydrogens (tertiary/aromatic N) is 2. The van der Waals surface area contributed by atoms with Gasteiger partial charge in [0.2, 0.25) is 10.0 Å². The highest BCUT2D eigenvalue weighted by atomic mass is 32.2. The molecule has 0 bridgehead atoms. The molecule has 11 heteroatoms. The number of aryl methyl sites for hydroxylation is 2. The maximum atomic E-state index is 13.4. The van der Waals surface area contributed by atoms with Gasteiger partial charge in [0, 0.05) is 16.3 Å². The lowest BCUT2D eigenvalue weighted by Crippen LogP contribution is -2.20. The number of nitrogens with two attached hydrogens (primary N) is 1. The molecular formula is C22H21N3O6S2. The average molecular weight is 488 g/mol. The Morgan fingerprint density at radius 1 is 1.24 bits per heavy atom. The molecule has 2 heterocycles. The Morgan fingerprint density at radius 2 is 1.97 bits per heavy atom. The van der Waals surface area contributed by atoms with E-state index >= 15 is 0 Å². The van der Waals surface area contributed by atoms with E-state index in [1.807, 2.05) is 0 Å². The monoisotopic (exact) mass is 487 g/mol. The molecule has 2 aromatic heterocycles. The molecule has 1 saturated carbocycles. The fraction of sp³-hybridized carbons (Fsp3) is 0.273. The maximum Gasteiger partial charge on any atom is 0.250 e. The number of benzene rings is 2. The van der Waals surface area contributed by atoms with Crippen molar-refractivity contribution in [2.45, 2.75) is 37.7 Å². The minimum atomic E-state index is -3.78. The van der Waals surface area contributed by atoms with Crippen molar-refractivity contribution in [2.24, 2.45) is 5.73 Å². The lowest BCUT2D eigenvalue weighted by atomic mass is 9.97. The van der Waals surface area contributed by atoms with Crippen LogP contribution in [0.5, 0.6) is 0 Å². The number of aromatic nitrogens is 2. The second-order valence-electron chi connectivity index (χ2n) is 8.31. The zero-order chi connectivity index (χ0) is 23.7. The quantitative estimate of drug-likeness (QED) is 0.397. The van der Waals surface area contributed by atoms with Crippen LogP contribution in [-0.4, -0.2) is 37.5 Å². The van der Waals surface area contributed by atoms with Crippen molar-refractivity contribution in [3.8, 4) is 11.1 Å². The zero-order valence-electron chi connectivity index (χ0n) is 17.9. The van der Waals surface area contributed by atoms with Crippen molar-refractivity contribution in [2.75, 3.05) is 0 Å². The number of amides is 1. The highest BCUT2D eigenvalue weighted by Gasteiger charge is 2.39. The Morgan fingerprint density at radius 3 is 2.55 bits per heavy atom. The number of rotatable bonds is 6. The van der Waals surface area contributed by atoms with Crippen LogP contribution in [0.1, 0.15) is 40.2 Å². The summed E-state index contributed by atoms with van der Waals surface area (Å²) in [5.74, 6) is -0.321. The van der Waals surface area contributed by atoms with Gasteiger partial charge in [-0.3, -0.25) is 4.79 Å². The summed E-state index contributed by atoms with van der Waals surface area (Å²) in [7, 11) is -3.78.